The molecule has 1 aliphatic rings. The standard InChI is InChI=1S/C24H20F8O2/c1-2-14-3-5-15(6-4-14)16-7-8-18(19(25)11-16)24(31,32)34-17-12-20(26)22(21(27)13-17)33-10-9-23(28,29)30/h2,7-15H,1,3-6H2/b10-9+. The maximum absolute atomic E-state index is 14.6. The Balaban J connectivity index is 1.75. The molecule has 2 aromatic carbocycles. The van der Waals surface area contributed by atoms with Gasteiger partial charge in [-0.05, 0) is 55.2 Å². The smallest absolute Gasteiger partial charge is 0.429 e. The number of halogens is 8. The van der Waals surface area contributed by atoms with Crippen LogP contribution >= 0.6 is 0 Å². The predicted molar refractivity (Wildman–Crippen MR) is 108 cm³/mol. The monoisotopic (exact) mass is 492 g/mol. The Morgan fingerprint density at radius 3 is 2.00 bits per heavy atom. The highest BCUT2D eigenvalue weighted by atomic mass is 19.4. The maximum Gasteiger partial charge on any atom is 0.429 e. The summed E-state index contributed by atoms with van der Waals surface area (Å²) in [7, 11) is 0. The lowest BCUT2D eigenvalue weighted by Gasteiger charge is -2.27. The Kier molecular flexibility index (Phi) is 7.57. The lowest BCUT2D eigenvalue weighted by Crippen LogP contribution is -2.24. The molecule has 2 aromatic rings. The van der Waals surface area contributed by atoms with Gasteiger partial charge in [0.15, 0.2) is 17.4 Å². The fourth-order valence-corrected chi connectivity index (χ4v) is 3.80. The molecule has 0 N–H and O–H groups in total. The van der Waals surface area contributed by atoms with E-state index in [1.807, 2.05) is 6.08 Å². The highest BCUT2D eigenvalue weighted by Gasteiger charge is 2.38. The van der Waals surface area contributed by atoms with Crippen LogP contribution in [0.2, 0.25) is 0 Å². The first-order valence-electron chi connectivity index (χ1n) is 10.3. The molecule has 1 fully saturated rings. The van der Waals surface area contributed by atoms with Crippen molar-refractivity contribution in [1.82, 2.24) is 0 Å². The van der Waals surface area contributed by atoms with Crippen molar-refractivity contribution in [2.75, 3.05) is 0 Å². The van der Waals surface area contributed by atoms with Crippen LogP contribution < -0.4 is 9.47 Å². The highest BCUT2D eigenvalue weighted by molar-refractivity contribution is 5.36. The predicted octanol–water partition coefficient (Wildman–Crippen LogP) is 8.15. The van der Waals surface area contributed by atoms with E-state index in [2.05, 4.69) is 16.1 Å². The molecule has 184 valence electrons. The quantitative estimate of drug-likeness (QED) is 0.221. The van der Waals surface area contributed by atoms with Gasteiger partial charge in [-0.2, -0.15) is 22.0 Å². The molecule has 1 aliphatic carbocycles. The first-order valence-corrected chi connectivity index (χ1v) is 10.3. The second-order valence-electron chi connectivity index (χ2n) is 7.88. The minimum atomic E-state index is -4.79. The van der Waals surface area contributed by atoms with Crippen molar-refractivity contribution < 1.29 is 44.6 Å². The normalized spacial score (nSPS) is 19.3. The molecule has 0 aliphatic heterocycles. The van der Waals surface area contributed by atoms with Crippen molar-refractivity contribution in [3.8, 4) is 11.5 Å². The molecule has 0 unspecified atom stereocenters. The second kappa shape index (κ2) is 10.1. The average Bonchev–Trinajstić information content (AvgIpc) is 2.74. The summed E-state index contributed by atoms with van der Waals surface area (Å²) in [6.45, 7) is 3.75. The summed E-state index contributed by atoms with van der Waals surface area (Å²) >= 11 is 0. The van der Waals surface area contributed by atoms with Gasteiger partial charge in [-0.15, -0.1) is 6.58 Å². The van der Waals surface area contributed by atoms with E-state index in [0.717, 1.165) is 37.8 Å². The molecular formula is C24H20F8O2. The SMILES string of the molecule is C=CC1CCC(c2ccc(C(F)(F)Oc3cc(F)c(O/C=C/C(F)(F)F)c(F)c3)c(F)c2)CC1. The summed E-state index contributed by atoms with van der Waals surface area (Å²) in [4.78, 5) is 0. The van der Waals surface area contributed by atoms with Gasteiger partial charge in [0.2, 0.25) is 0 Å². The van der Waals surface area contributed by atoms with Gasteiger partial charge in [0, 0.05) is 12.1 Å². The third-order valence-corrected chi connectivity index (χ3v) is 5.54. The van der Waals surface area contributed by atoms with Crippen molar-refractivity contribution in [2.45, 2.75) is 43.9 Å². The minimum Gasteiger partial charge on any atom is -0.459 e. The zero-order valence-corrected chi connectivity index (χ0v) is 17.6. The number of benzene rings is 2. The highest BCUT2D eigenvalue weighted by Crippen LogP contribution is 2.39. The molecule has 0 atom stereocenters. The van der Waals surface area contributed by atoms with Crippen LogP contribution in [0.25, 0.3) is 0 Å². The Morgan fingerprint density at radius 2 is 1.47 bits per heavy atom. The van der Waals surface area contributed by atoms with Crippen LogP contribution in [-0.2, 0) is 6.11 Å². The van der Waals surface area contributed by atoms with E-state index in [4.69, 9.17) is 0 Å². The van der Waals surface area contributed by atoms with E-state index in [0.29, 0.717) is 11.5 Å². The fraction of sp³-hybridized carbons (Fsp3) is 0.333. The number of rotatable bonds is 7. The first-order chi connectivity index (χ1) is 15.9. The van der Waals surface area contributed by atoms with Crippen molar-refractivity contribution in [1.29, 1.82) is 0 Å². The van der Waals surface area contributed by atoms with Gasteiger partial charge in [-0.25, -0.2) is 13.2 Å². The van der Waals surface area contributed by atoms with Gasteiger partial charge >= 0.3 is 12.3 Å². The molecular weight excluding hydrogens is 472 g/mol. The molecule has 0 radical (unpaired) electrons. The summed E-state index contributed by atoms with van der Waals surface area (Å²) < 4.78 is 117. The molecule has 10 heteroatoms. The summed E-state index contributed by atoms with van der Waals surface area (Å²) in [6, 6.07) is 3.79. The molecule has 34 heavy (non-hydrogen) atoms. The zero-order chi connectivity index (χ0) is 25.1. The topological polar surface area (TPSA) is 18.5 Å². The molecule has 3 rings (SSSR count). The van der Waals surface area contributed by atoms with Gasteiger partial charge < -0.3 is 9.47 Å². The van der Waals surface area contributed by atoms with Crippen LogP contribution in [0.3, 0.4) is 0 Å². The Hall–Kier alpha value is -3.04. The van der Waals surface area contributed by atoms with Gasteiger partial charge in [0.25, 0.3) is 0 Å². The van der Waals surface area contributed by atoms with Crippen LogP contribution in [0, 0.1) is 23.4 Å². The largest absolute Gasteiger partial charge is 0.459 e. The van der Waals surface area contributed by atoms with E-state index >= 15 is 0 Å². The molecule has 0 heterocycles. The molecule has 1 saturated carbocycles. The molecule has 0 aromatic heterocycles. The Bertz CT molecular complexity index is 1030. The lowest BCUT2D eigenvalue weighted by atomic mass is 9.78. The summed E-state index contributed by atoms with van der Waals surface area (Å²) in [5, 5.41) is 0. The zero-order valence-electron chi connectivity index (χ0n) is 17.6. The van der Waals surface area contributed by atoms with Crippen LogP contribution in [0.4, 0.5) is 35.1 Å². The summed E-state index contributed by atoms with van der Waals surface area (Å²) in [6.07, 6.45) is -4.40. The third-order valence-electron chi connectivity index (χ3n) is 5.54. The summed E-state index contributed by atoms with van der Waals surface area (Å²) in [5.74, 6) is -6.32. The second-order valence-corrected chi connectivity index (χ2v) is 7.88. The number of alkyl halides is 5. The van der Waals surface area contributed by atoms with Crippen LogP contribution in [0.15, 0.2) is 55.3 Å². The lowest BCUT2D eigenvalue weighted by molar-refractivity contribution is -0.187. The number of hydrogen-bond acceptors (Lipinski definition) is 2. The molecule has 0 bridgehead atoms. The maximum atomic E-state index is 14.6. The van der Waals surface area contributed by atoms with E-state index in [1.54, 1.807) is 0 Å². The minimum absolute atomic E-state index is 0.00256. The van der Waals surface area contributed by atoms with Gasteiger partial charge in [-0.3, -0.25) is 0 Å². The van der Waals surface area contributed by atoms with Crippen LogP contribution in [-0.4, -0.2) is 6.18 Å². The fourth-order valence-electron chi connectivity index (χ4n) is 3.80. The van der Waals surface area contributed by atoms with E-state index < -0.39 is 52.9 Å². The number of hydrogen-bond donors (Lipinski definition) is 0. The molecule has 0 amide bonds. The van der Waals surface area contributed by atoms with Crippen molar-refractivity contribution in [3.63, 3.8) is 0 Å². The van der Waals surface area contributed by atoms with Crippen LogP contribution in [0.1, 0.15) is 42.7 Å². The van der Waals surface area contributed by atoms with Crippen molar-refractivity contribution in [2.24, 2.45) is 5.92 Å². The van der Waals surface area contributed by atoms with Crippen LogP contribution in [0.5, 0.6) is 11.5 Å². The van der Waals surface area contributed by atoms with E-state index in [9.17, 15) is 35.1 Å². The Morgan fingerprint density at radius 1 is 0.853 bits per heavy atom. The van der Waals surface area contributed by atoms with E-state index in [-0.39, 0.29) is 24.3 Å². The molecule has 0 saturated heterocycles. The third kappa shape index (κ3) is 6.30. The van der Waals surface area contributed by atoms with Crippen molar-refractivity contribution in [3.05, 3.63) is 83.9 Å². The Labute approximate surface area is 190 Å². The average molecular weight is 492 g/mol. The first kappa shape index (κ1) is 25.6. The van der Waals surface area contributed by atoms with Gasteiger partial charge in [-0.1, -0.05) is 12.1 Å². The van der Waals surface area contributed by atoms with Crippen molar-refractivity contribution >= 4 is 0 Å². The molecule has 0 spiro atoms. The van der Waals surface area contributed by atoms with E-state index in [1.165, 1.54) is 6.07 Å². The number of ether oxygens (including phenoxy) is 2. The van der Waals surface area contributed by atoms with Gasteiger partial charge in [0.1, 0.15) is 11.6 Å². The summed E-state index contributed by atoms with van der Waals surface area (Å²) in [5.41, 5.74) is -0.574. The molecule has 2 nitrogen and oxygen atoms in total. The van der Waals surface area contributed by atoms with Gasteiger partial charge in [0.05, 0.1) is 17.9 Å². The number of allylic oxidation sites excluding steroid dienone is 2.